The van der Waals surface area contributed by atoms with Crippen molar-refractivity contribution in [3.05, 3.63) is 76.3 Å². The molecule has 0 heterocycles. The largest absolute Gasteiger partial charge is 0.445 e. The first-order chi connectivity index (χ1) is 14.8. The summed E-state index contributed by atoms with van der Waals surface area (Å²) in [6.45, 7) is 1.92. The van der Waals surface area contributed by atoms with Gasteiger partial charge in [0, 0.05) is 17.8 Å². The van der Waals surface area contributed by atoms with Crippen molar-refractivity contribution in [3.8, 4) is 0 Å². The molecule has 8 nitrogen and oxygen atoms in total. The van der Waals surface area contributed by atoms with Crippen molar-refractivity contribution in [1.29, 1.82) is 0 Å². The fourth-order valence-electron chi connectivity index (χ4n) is 3.11. The van der Waals surface area contributed by atoms with E-state index in [4.69, 9.17) is 4.74 Å². The number of nitrogens with one attached hydrogen (secondary N) is 1. The summed E-state index contributed by atoms with van der Waals surface area (Å²) in [6, 6.07) is 15.8. The van der Waals surface area contributed by atoms with Gasteiger partial charge in [-0.3, -0.25) is 10.1 Å². The smallest absolute Gasteiger partial charge is 0.408 e. The van der Waals surface area contributed by atoms with Crippen molar-refractivity contribution in [2.75, 3.05) is 0 Å². The summed E-state index contributed by atoms with van der Waals surface area (Å²) < 4.78 is 31.4. The van der Waals surface area contributed by atoms with Gasteiger partial charge < -0.3 is 10.1 Å². The molecule has 0 saturated heterocycles. The van der Waals surface area contributed by atoms with Gasteiger partial charge in [0.25, 0.3) is 0 Å². The molecule has 0 aromatic heterocycles. The van der Waals surface area contributed by atoms with Crippen LogP contribution in [0.4, 0.5) is 4.79 Å². The number of alkyl carbamates (subject to hydrolysis) is 1. The van der Waals surface area contributed by atoms with E-state index < -0.39 is 27.3 Å². The van der Waals surface area contributed by atoms with Crippen LogP contribution in [0.2, 0.25) is 0 Å². The number of sulfone groups is 1. The van der Waals surface area contributed by atoms with Crippen molar-refractivity contribution in [2.24, 2.45) is 0 Å². The first kappa shape index (κ1) is 24.3. The van der Waals surface area contributed by atoms with Crippen LogP contribution in [-0.2, 0) is 21.2 Å². The van der Waals surface area contributed by atoms with Gasteiger partial charge in [-0.15, -0.1) is 0 Å². The molecule has 2 atom stereocenters. The number of unbranched alkanes of at least 4 members (excludes halogenated alkanes) is 1. The zero-order valence-electron chi connectivity index (χ0n) is 17.5. The van der Waals surface area contributed by atoms with Gasteiger partial charge in [0.05, 0.1) is 4.90 Å². The average molecular weight is 449 g/mol. The number of benzene rings is 2. The van der Waals surface area contributed by atoms with Gasteiger partial charge in [0.15, 0.2) is 9.84 Å². The maximum Gasteiger partial charge on any atom is 0.408 e. The van der Waals surface area contributed by atoms with E-state index in [1.807, 2.05) is 13.0 Å². The van der Waals surface area contributed by atoms with Gasteiger partial charge in [-0.1, -0.05) is 61.9 Å². The topological polar surface area (TPSA) is 116 Å². The Bertz CT molecular complexity index is 935. The summed E-state index contributed by atoms with van der Waals surface area (Å²) in [6.07, 6.45) is 0.893. The lowest BCUT2D eigenvalue weighted by Gasteiger charge is -2.20. The lowest BCUT2D eigenvalue weighted by Crippen LogP contribution is -2.42. The van der Waals surface area contributed by atoms with Gasteiger partial charge in [-0.25, -0.2) is 13.2 Å². The Morgan fingerprint density at radius 3 is 2.23 bits per heavy atom. The third-order valence-electron chi connectivity index (χ3n) is 4.89. The summed E-state index contributed by atoms with van der Waals surface area (Å²) in [4.78, 5) is 23.3. The Morgan fingerprint density at radius 1 is 1.03 bits per heavy atom. The predicted molar refractivity (Wildman–Crippen MR) is 117 cm³/mol. The van der Waals surface area contributed by atoms with E-state index in [0.29, 0.717) is 12.8 Å². The third kappa shape index (κ3) is 7.67. The fraction of sp³-hybridized carbons (Fsp3) is 0.409. The van der Waals surface area contributed by atoms with Crippen molar-refractivity contribution >= 4 is 15.9 Å². The van der Waals surface area contributed by atoms with Crippen LogP contribution < -0.4 is 5.32 Å². The molecule has 0 spiro atoms. The number of hydrogen-bond acceptors (Lipinski definition) is 6. The van der Waals surface area contributed by atoms with Gasteiger partial charge >= 0.3 is 6.09 Å². The minimum Gasteiger partial charge on any atom is -0.445 e. The molecule has 1 N–H and O–H groups in total. The molecule has 1 amide bonds. The van der Waals surface area contributed by atoms with E-state index >= 15 is 0 Å². The Kier molecular flexibility index (Phi) is 9.45. The minimum absolute atomic E-state index is 0.0151. The van der Waals surface area contributed by atoms with E-state index in [0.717, 1.165) is 12.0 Å². The molecule has 0 bridgehead atoms. The number of rotatable bonds is 12. The van der Waals surface area contributed by atoms with Crippen LogP contribution in [0.15, 0.2) is 65.6 Å². The van der Waals surface area contributed by atoms with Crippen LogP contribution >= 0.6 is 0 Å². The van der Waals surface area contributed by atoms with Crippen LogP contribution in [0.1, 0.15) is 44.6 Å². The van der Waals surface area contributed by atoms with Crippen molar-refractivity contribution in [2.45, 2.75) is 61.9 Å². The minimum atomic E-state index is -3.96. The molecular weight excluding hydrogens is 420 g/mol. The lowest BCUT2D eigenvalue weighted by atomic mass is 10.1. The summed E-state index contributed by atoms with van der Waals surface area (Å²) in [5, 5.41) is 12.4. The number of hydrogen-bond donors (Lipinski definition) is 1. The van der Waals surface area contributed by atoms with Crippen LogP contribution in [-0.4, -0.2) is 30.9 Å². The SMILES string of the molecule is CCCCC(CCC(NC(=O)OCc1ccccc1)S(=O)(=O)c1ccccc1)[N+](=O)[O-]. The first-order valence-electron chi connectivity index (χ1n) is 10.2. The normalized spacial score (nSPS) is 13.2. The zero-order chi connectivity index (χ0) is 22.7. The predicted octanol–water partition coefficient (Wildman–Crippen LogP) is 4.33. The molecule has 2 unspecified atom stereocenters. The van der Waals surface area contributed by atoms with Crippen LogP contribution in [0, 0.1) is 10.1 Å². The molecular formula is C22H28N2O6S. The van der Waals surface area contributed by atoms with Gasteiger partial charge in [-0.05, 0) is 30.5 Å². The Morgan fingerprint density at radius 2 is 1.65 bits per heavy atom. The number of carbonyl (C=O) groups is 1. The van der Waals surface area contributed by atoms with E-state index in [1.54, 1.807) is 42.5 Å². The third-order valence-corrected chi connectivity index (χ3v) is 6.92. The molecule has 2 rings (SSSR count). The summed E-state index contributed by atoms with van der Waals surface area (Å²) in [5.74, 6) is 0. The monoisotopic (exact) mass is 448 g/mol. The Hall–Kier alpha value is -2.94. The highest BCUT2D eigenvalue weighted by atomic mass is 32.2. The summed E-state index contributed by atoms with van der Waals surface area (Å²) in [7, 11) is -3.96. The van der Waals surface area contributed by atoms with Crippen molar-refractivity contribution < 1.29 is 22.9 Å². The zero-order valence-corrected chi connectivity index (χ0v) is 18.3. The standard InChI is InChI=1S/C22H28N2O6S/c1-2-3-12-19(24(26)27)15-16-21(31(28,29)20-13-8-5-9-14-20)23-22(25)30-17-18-10-6-4-7-11-18/h4-11,13-14,19,21H,2-3,12,15-17H2,1H3,(H,23,25). The van der Waals surface area contributed by atoms with Gasteiger partial charge in [0.2, 0.25) is 6.04 Å². The summed E-state index contributed by atoms with van der Waals surface area (Å²) in [5.41, 5.74) is 0.757. The fourth-order valence-corrected chi connectivity index (χ4v) is 4.68. The molecule has 0 saturated carbocycles. The number of amides is 1. The van der Waals surface area contributed by atoms with E-state index in [-0.39, 0.29) is 29.3 Å². The summed E-state index contributed by atoms with van der Waals surface area (Å²) >= 11 is 0. The molecule has 2 aromatic rings. The maximum atomic E-state index is 13.1. The van der Waals surface area contributed by atoms with E-state index in [1.165, 1.54) is 12.1 Å². The van der Waals surface area contributed by atoms with Crippen molar-refractivity contribution in [1.82, 2.24) is 5.32 Å². The van der Waals surface area contributed by atoms with E-state index in [9.17, 15) is 23.3 Å². The molecule has 0 radical (unpaired) electrons. The highest BCUT2D eigenvalue weighted by Gasteiger charge is 2.32. The Labute approximate surface area is 182 Å². The van der Waals surface area contributed by atoms with Crippen LogP contribution in [0.5, 0.6) is 0 Å². The second-order valence-corrected chi connectivity index (χ2v) is 9.34. The molecule has 0 aliphatic carbocycles. The molecule has 0 aliphatic heterocycles. The number of carbonyl (C=O) groups excluding carboxylic acids is 1. The van der Waals surface area contributed by atoms with Crippen LogP contribution in [0.25, 0.3) is 0 Å². The lowest BCUT2D eigenvalue weighted by molar-refractivity contribution is -0.524. The van der Waals surface area contributed by atoms with Gasteiger partial charge in [0.1, 0.15) is 12.0 Å². The molecule has 168 valence electrons. The highest BCUT2D eigenvalue weighted by molar-refractivity contribution is 7.92. The second-order valence-electron chi connectivity index (χ2n) is 7.21. The molecule has 2 aromatic carbocycles. The van der Waals surface area contributed by atoms with Crippen LogP contribution in [0.3, 0.4) is 0 Å². The second kappa shape index (κ2) is 12.0. The average Bonchev–Trinajstić information content (AvgIpc) is 2.77. The van der Waals surface area contributed by atoms with Crippen molar-refractivity contribution in [3.63, 3.8) is 0 Å². The van der Waals surface area contributed by atoms with Gasteiger partial charge in [-0.2, -0.15) is 0 Å². The highest BCUT2D eigenvalue weighted by Crippen LogP contribution is 2.21. The van der Waals surface area contributed by atoms with E-state index in [2.05, 4.69) is 5.32 Å². The Balaban J connectivity index is 2.13. The quantitative estimate of drug-likeness (QED) is 0.382. The first-order valence-corrected chi connectivity index (χ1v) is 11.8. The number of nitro groups is 1. The molecule has 9 heteroatoms. The molecule has 31 heavy (non-hydrogen) atoms. The number of ether oxygens (including phenoxy) is 1. The molecule has 0 fully saturated rings. The maximum absolute atomic E-state index is 13.1. The molecule has 0 aliphatic rings. The number of nitrogens with zero attached hydrogens (tertiary/aromatic N) is 1.